The van der Waals surface area contributed by atoms with Crippen LogP contribution in [-0.2, 0) is 4.79 Å². The first-order valence-electron chi connectivity index (χ1n) is 7.97. The van der Waals surface area contributed by atoms with Crippen LogP contribution in [0.1, 0.15) is 25.8 Å². The Hall–Kier alpha value is -1.92. The van der Waals surface area contributed by atoms with E-state index in [1.807, 2.05) is 13.8 Å². The van der Waals surface area contributed by atoms with Crippen LogP contribution in [-0.4, -0.2) is 35.8 Å². The van der Waals surface area contributed by atoms with Crippen LogP contribution in [0.25, 0.3) is 6.08 Å². The van der Waals surface area contributed by atoms with Crippen molar-refractivity contribution < 1.29 is 19.1 Å². The molecule has 0 radical (unpaired) electrons. The Kier molecular flexibility index (Phi) is 6.96. The fraction of sp³-hybridized carbons (Fsp3) is 0.333. The Morgan fingerprint density at radius 3 is 2.68 bits per heavy atom. The van der Waals surface area contributed by atoms with Crippen LogP contribution in [0, 0.1) is 0 Å². The summed E-state index contributed by atoms with van der Waals surface area (Å²) in [5.41, 5.74) is 0.668. The van der Waals surface area contributed by atoms with E-state index in [1.54, 1.807) is 24.3 Å². The molecule has 0 bridgehead atoms. The monoisotopic (exact) mass is 381 g/mol. The van der Waals surface area contributed by atoms with Crippen molar-refractivity contribution in [2.75, 3.05) is 19.8 Å². The molecule has 1 fully saturated rings. The summed E-state index contributed by atoms with van der Waals surface area (Å²) >= 11 is 7.23. The van der Waals surface area contributed by atoms with E-state index in [4.69, 9.17) is 21.1 Å². The summed E-state index contributed by atoms with van der Waals surface area (Å²) in [6.45, 7) is 8.54. The molecule has 0 atom stereocenters. The molecule has 0 N–H and O–H groups in total. The van der Waals surface area contributed by atoms with Crippen LogP contribution in [0.4, 0.5) is 4.79 Å². The molecule has 7 heteroatoms. The highest BCUT2D eigenvalue weighted by Gasteiger charge is 2.34. The van der Waals surface area contributed by atoms with E-state index in [9.17, 15) is 9.59 Å². The summed E-state index contributed by atoms with van der Waals surface area (Å²) in [5, 5.41) is 0.118. The molecular weight excluding hydrogens is 362 g/mol. The van der Waals surface area contributed by atoms with Crippen molar-refractivity contribution >= 4 is 40.6 Å². The third-order valence-electron chi connectivity index (χ3n) is 3.30. The molecule has 5 nitrogen and oxygen atoms in total. The highest BCUT2D eigenvalue weighted by molar-refractivity contribution is 8.18. The van der Waals surface area contributed by atoms with E-state index in [0.29, 0.717) is 46.7 Å². The molecular formula is C18H20ClNO4S. The topological polar surface area (TPSA) is 55.8 Å². The minimum Gasteiger partial charge on any atom is -0.490 e. The van der Waals surface area contributed by atoms with Crippen LogP contribution in [0.15, 0.2) is 29.7 Å². The van der Waals surface area contributed by atoms with E-state index in [1.165, 1.54) is 4.90 Å². The van der Waals surface area contributed by atoms with Gasteiger partial charge in [0.2, 0.25) is 0 Å². The van der Waals surface area contributed by atoms with Gasteiger partial charge in [-0.15, -0.1) is 0 Å². The number of nitrogens with zero attached hydrogens (tertiary/aromatic N) is 1. The van der Waals surface area contributed by atoms with Gasteiger partial charge in [-0.2, -0.15) is 0 Å². The summed E-state index contributed by atoms with van der Waals surface area (Å²) in [4.78, 5) is 25.9. The maximum Gasteiger partial charge on any atom is 0.293 e. The molecule has 0 saturated carbocycles. The third-order valence-corrected chi connectivity index (χ3v) is 4.48. The van der Waals surface area contributed by atoms with Gasteiger partial charge in [-0.25, -0.2) is 0 Å². The summed E-state index contributed by atoms with van der Waals surface area (Å²) in [7, 11) is 0. The summed E-state index contributed by atoms with van der Waals surface area (Å²) in [6, 6.07) is 3.41. The maximum absolute atomic E-state index is 12.3. The van der Waals surface area contributed by atoms with Crippen molar-refractivity contribution in [3.05, 3.63) is 40.3 Å². The van der Waals surface area contributed by atoms with Crippen molar-refractivity contribution in [1.29, 1.82) is 0 Å². The number of hydrogen-bond acceptors (Lipinski definition) is 5. The van der Waals surface area contributed by atoms with Crippen molar-refractivity contribution in [3.8, 4) is 11.5 Å². The number of thioether (sulfide) groups is 1. The van der Waals surface area contributed by atoms with Gasteiger partial charge in [0.25, 0.3) is 11.1 Å². The largest absolute Gasteiger partial charge is 0.490 e. The summed E-state index contributed by atoms with van der Waals surface area (Å²) in [5.74, 6) is 0.633. The van der Waals surface area contributed by atoms with Crippen LogP contribution < -0.4 is 9.47 Å². The smallest absolute Gasteiger partial charge is 0.293 e. The molecule has 2 amide bonds. The average molecular weight is 382 g/mol. The normalized spacial score (nSPS) is 15.8. The van der Waals surface area contributed by atoms with Crippen LogP contribution in [0.5, 0.6) is 11.5 Å². The number of carbonyl (C=O) groups excluding carboxylic acids is 2. The number of benzene rings is 1. The van der Waals surface area contributed by atoms with Crippen LogP contribution in [0.3, 0.4) is 0 Å². The number of halogens is 1. The van der Waals surface area contributed by atoms with Gasteiger partial charge in [-0.05, 0) is 48.9 Å². The molecule has 1 saturated heterocycles. The molecule has 134 valence electrons. The molecule has 25 heavy (non-hydrogen) atoms. The van der Waals surface area contributed by atoms with Gasteiger partial charge in [-0.1, -0.05) is 31.2 Å². The minimum atomic E-state index is -0.280. The lowest BCUT2D eigenvalue weighted by Crippen LogP contribution is -2.28. The molecule has 0 aromatic heterocycles. The molecule has 2 rings (SSSR count). The van der Waals surface area contributed by atoms with E-state index in [-0.39, 0.29) is 11.1 Å². The number of ether oxygens (including phenoxy) is 2. The van der Waals surface area contributed by atoms with Crippen LogP contribution in [0.2, 0.25) is 5.02 Å². The SMILES string of the molecule is C=CCOc1c(Cl)cc(/C=C2/SC(=O)N(CCC)C2=O)cc1OCC. The highest BCUT2D eigenvalue weighted by Crippen LogP contribution is 2.39. The molecule has 0 spiro atoms. The van der Waals surface area contributed by atoms with Gasteiger partial charge in [0, 0.05) is 6.54 Å². The number of rotatable bonds is 8. The fourth-order valence-electron chi connectivity index (χ4n) is 2.28. The average Bonchev–Trinajstić information content (AvgIpc) is 2.82. The fourth-order valence-corrected chi connectivity index (χ4v) is 3.42. The van der Waals surface area contributed by atoms with Gasteiger partial charge < -0.3 is 9.47 Å². The molecule has 1 heterocycles. The standard InChI is InChI=1S/C18H20ClNO4S/c1-4-7-20-17(21)15(25-18(20)22)11-12-9-13(19)16(24-8-5-2)14(10-12)23-6-3/h5,9-11H,2,4,6-8H2,1,3H3/b15-11+. The number of hydrogen-bond donors (Lipinski definition) is 0. The second-order valence-electron chi connectivity index (χ2n) is 5.20. The molecule has 1 aliphatic heterocycles. The van der Waals surface area contributed by atoms with E-state index < -0.39 is 0 Å². The Morgan fingerprint density at radius 2 is 2.04 bits per heavy atom. The Bertz CT molecular complexity index is 717. The van der Waals surface area contributed by atoms with Gasteiger partial charge in [0.15, 0.2) is 11.5 Å². The Balaban J connectivity index is 2.35. The van der Waals surface area contributed by atoms with Crippen molar-refractivity contribution in [1.82, 2.24) is 4.90 Å². The number of carbonyl (C=O) groups is 2. The number of amides is 2. The molecule has 0 unspecified atom stereocenters. The lowest BCUT2D eigenvalue weighted by molar-refractivity contribution is -0.122. The predicted octanol–water partition coefficient (Wildman–Crippen LogP) is 4.75. The zero-order chi connectivity index (χ0) is 18.4. The zero-order valence-electron chi connectivity index (χ0n) is 14.2. The van der Waals surface area contributed by atoms with Gasteiger partial charge in [0.1, 0.15) is 6.61 Å². The molecule has 1 aromatic rings. The first-order valence-corrected chi connectivity index (χ1v) is 9.16. The Labute approximate surface area is 156 Å². The van der Waals surface area contributed by atoms with Crippen LogP contribution >= 0.6 is 23.4 Å². The lowest BCUT2D eigenvalue weighted by atomic mass is 10.1. The predicted molar refractivity (Wildman–Crippen MR) is 101 cm³/mol. The number of imide groups is 1. The first-order chi connectivity index (χ1) is 12.0. The zero-order valence-corrected chi connectivity index (χ0v) is 15.8. The maximum atomic E-state index is 12.3. The highest BCUT2D eigenvalue weighted by atomic mass is 35.5. The van der Waals surface area contributed by atoms with Gasteiger partial charge in [-0.3, -0.25) is 14.5 Å². The van der Waals surface area contributed by atoms with E-state index >= 15 is 0 Å². The van der Waals surface area contributed by atoms with Crippen molar-refractivity contribution in [3.63, 3.8) is 0 Å². The quantitative estimate of drug-likeness (QED) is 0.480. The molecule has 1 aliphatic rings. The van der Waals surface area contributed by atoms with Crippen molar-refractivity contribution in [2.45, 2.75) is 20.3 Å². The first kappa shape index (κ1) is 19.4. The Morgan fingerprint density at radius 1 is 1.28 bits per heavy atom. The lowest BCUT2D eigenvalue weighted by Gasteiger charge is -2.13. The second kappa shape index (κ2) is 8.97. The third kappa shape index (κ3) is 4.58. The van der Waals surface area contributed by atoms with Gasteiger partial charge in [0.05, 0.1) is 16.5 Å². The van der Waals surface area contributed by atoms with E-state index in [2.05, 4.69) is 6.58 Å². The molecule has 1 aromatic carbocycles. The molecule has 0 aliphatic carbocycles. The second-order valence-corrected chi connectivity index (χ2v) is 6.60. The van der Waals surface area contributed by atoms with Crippen molar-refractivity contribution in [2.24, 2.45) is 0 Å². The summed E-state index contributed by atoms with van der Waals surface area (Å²) in [6.07, 6.45) is 3.98. The minimum absolute atomic E-state index is 0.250. The summed E-state index contributed by atoms with van der Waals surface area (Å²) < 4.78 is 11.1. The van der Waals surface area contributed by atoms with E-state index in [0.717, 1.165) is 18.2 Å². The van der Waals surface area contributed by atoms with Gasteiger partial charge >= 0.3 is 0 Å².